The molecule has 1 aromatic rings. The summed E-state index contributed by atoms with van der Waals surface area (Å²) < 4.78 is 25.5. The molecule has 0 aromatic heterocycles. The van der Waals surface area contributed by atoms with Gasteiger partial charge in [0.1, 0.15) is 0 Å². The van der Waals surface area contributed by atoms with Gasteiger partial charge in [0.25, 0.3) is 0 Å². The van der Waals surface area contributed by atoms with Crippen molar-refractivity contribution in [2.45, 2.75) is 19.4 Å². The van der Waals surface area contributed by atoms with Crippen molar-refractivity contribution < 1.29 is 8.42 Å². The minimum atomic E-state index is -3.23. The van der Waals surface area contributed by atoms with Gasteiger partial charge in [0.05, 0.1) is 5.75 Å². The summed E-state index contributed by atoms with van der Waals surface area (Å²) in [6.45, 7) is 1.85. The summed E-state index contributed by atoms with van der Waals surface area (Å²) in [6, 6.07) is 9.66. The number of sulfonamides is 1. The van der Waals surface area contributed by atoms with Crippen molar-refractivity contribution in [1.82, 2.24) is 4.72 Å². The lowest BCUT2D eigenvalue weighted by Crippen LogP contribution is -2.36. The van der Waals surface area contributed by atoms with E-state index in [1.165, 1.54) is 0 Å². The summed E-state index contributed by atoms with van der Waals surface area (Å²) in [6.07, 6.45) is 0.683. The average molecular weight is 262 g/mol. The van der Waals surface area contributed by atoms with Crippen LogP contribution in [0.3, 0.4) is 0 Å². The van der Waals surface area contributed by atoms with Gasteiger partial charge in [0, 0.05) is 11.9 Å². The smallest absolute Gasteiger partial charge is 0.212 e. The molecule has 0 bridgehead atoms. The van der Waals surface area contributed by atoms with Gasteiger partial charge in [0.2, 0.25) is 10.0 Å². The molecule has 0 aliphatic carbocycles. The number of hydrogen-bond acceptors (Lipinski definition) is 2. The van der Waals surface area contributed by atoms with Crippen LogP contribution in [0.2, 0.25) is 0 Å². The largest absolute Gasteiger partial charge is 0.213 e. The second-order valence-corrected chi connectivity index (χ2v) is 5.97. The second-order valence-electron chi connectivity index (χ2n) is 3.72. The lowest BCUT2D eigenvalue weighted by molar-refractivity contribution is 0.561. The first-order chi connectivity index (χ1) is 7.53. The topological polar surface area (TPSA) is 46.2 Å². The Morgan fingerprint density at radius 1 is 1.31 bits per heavy atom. The maximum atomic E-state index is 11.4. The summed E-state index contributed by atoms with van der Waals surface area (Å²) in [4.78, 5) is 0. The van der Waals surface area contributed by atoms with E-state index >= 15 is 0 Å². The van der Waals surface area contributed by atoms with Crippen molar-refractivity contribution in [2.75, 3.05) is 11.6 Å². The fraction of sp³-hybridized carbons (Fsp3) is 0.455. The molecule has 0 fully saturated rings. The predicted octanol–water partition coefficient (Wildman–Crippen LogP) is 1.78. The quantitative estimate of drug-likeness (QED) is 0.794. The number of benzene rings is 1. The Kier molecular flexibility index (Phi) is 5.25. The Morgan fingerprint density at radius 3 is 2.50 bits per heavy atom. The summed E-state index contributed by atoms with van der Waals surface area (Å²) in [5.74, 6) is 0.0844. The highest BCUT2D eigenvalue weighted by molar-refractivity contribution is 7.89. The van der Waals surface area contributed by atoms with Crippen molar-refractivity contribution in [3.63, 3.8) is 0 Å². The SMILES string of the molecule is CC(Cc1ccccc1)NS(=O)(=O)CCCl. The Hall–Kier alpha value is -0.580. The molecule has 0 aliphatic heterocycles. The predicted molar refractivity (Wildman–Crippen MR) is 67.3 cm³/mol. The van der Waals surface area contributed by atoms with Crippen LogP contribution in [0.4, 0.5) is 0 Å². The van der Waals surface area contributed by atoms with Crippen LogP contribution < -0.4 is 4.72 Å². The molecule has 5 heteroatoms. The van der Waals surface area contributed by atoms with E-state index in [2.05, 4.69) is 4.72 Å². The first-order valence-electron chi connectivity index (χ1n) is 5.13. The standard InChI is InChI=1S/C11H16ClNO2S/c1-10(13-16(14,15)8-7-12)9-11-5-3-2-4-6-11/h2-6,10,13H,7-9H2,1H3. The van der Waals surface area contributed by atoms with Gasteiger partial charge in [-0.2, -0.15) is 0 Å². The zero-order chi connectivity index (χ0) is 12.0. The van der Waals surface area contributed by atoms with Gasteiger partial charge in [-0.25, -0.2) is 13.1 Å². The van der Waals surface area contributed by atoms with Crippen LogP contribution in [0, 0.1) is 0 Å². The molecular formula is C11H16ClNO2S. The normalized spacial score (nSPS) is 13.6. The Bertz CT molecular complexity index is 405. The number of alkyl halides is 1. The first-order valence-corrected chi connectivity index (χ1v) is 7.32. The molecule has 0 radical (unpaired) electrons. The van der Waals surface area contributed by atoms with Gasteiger partial charge in [-0.05, 0) is 18.9 Å². The molecule has 0 heterocycles. The van der Waals surface area contributed by atoms with Gasteiger partial charge >= 0.3 is 0 Å². The molecule has 0 aliphatic rings. The molecule has 0 spiro atoms. The van der Waals surface area contributed by atoms with E-state index in [0.717, 1.165) is 5.56 Å². The van der Waals surface area contributed by atoms with Gasteiger partial charge in [0.15, 0.2) is 0 Å². The van der Waals surface area contributed by atoms with E-state index in [9.17, 15) is 8.42 Å². The number of halogens is 1. The molecular weight excluding hydrogens is 246 g/mol. The lowest BCUT2D eigenvalue weighted by Gasteiger charge is -2.13. The fourth-order valence-electron chi connectivity index (χ4n) is 1.48. The Labute approximate surface area is 102 Å². The third kappa shape index (κ3) is 4.96. The minimum absolute atomic E-state index is 0.0340. The zero-order valence-corrected chi connectivity index (χ0v) is 10.8. The van der Waals surface area contributed by atoms with Crippen LogP contribution in [0.1, 0.15) is 12.5 Å². The molecule has 1 aromatic carbocycles. The first kappa shape index (κ1) is 13.5. The highest BCUT2D eigenvalue weighted by Gasteiger charge is 2.13. The molecule has 16 heavy (non-hydrogen) atoms. The molecule has 0 saturated heterocycles. The highest BCUT2D eigenvalue weighted by atomic mass is 35.5. The van der Waals surface area contributed by atoms with Crippen LogP contribution in [0.25, 0.3) is 0 Å². The second kappa shape index (κ2) is 6.23. The minimum Gasteiger partial charge on any atom is -0.212 e. The number of rotatable bonds is 6. The third-order valence-electron chi connectivity index (χ3n) is 2.11. The van der Waals surface area contributed by atoms with Crippen LogP contribution in [-0.2, 0) is 16.4 Å². The summed E-state index contributed by atoms with van der Waals surface area (Å²) in [5.41, 5.74) is 1.11. The molecule has 90 valence electrons. The molecule has 0 amide bonds. The summed E-state index contributed by atoms with van der Waals surface area (Å²) >= 11 is 5.41. The van der Waals surface area contributed by atoms with E-state index in [4.69, 9.17) is 11.6 Å². The van der Waals surface area contributed by atoms with Crippen LogP contribution >= 0.6 is 11.6 Å². The average Bonchev–Trinajstić information content (AvgIpc) is 2.17. The summed E-state index contributed by atoms with van der Waals surface area (Å²) in [7, 11) is -3.23. The number of hydrogen-bond donors (Lipinski definition) is 1. The maximum absolute atomic E-state index is 11.4. The van der Waals surface area contributed by atoms with Crippen LogP contribution in [0.5, 0.6) is 0 Å². The maximum Gasteiger partial charge on any atom is 0.213 e. The van der Waals surface area contributed by atoms with Gasteiger partial charge < -0.3 is 0 Å². The fourth-order valence-corrected chi connectivity index (χ4v) is 3.10. The number of nitrogens with one attached hydrogen (secondary N) is 1. The van der Waals surface area contributed by atoms with Crippen molar-refractivity contribution in [3.8, 4) is 0 Å². The molecule has 1 N–H and O–H groups in total. The summed E-state index contributed by atoms with van der Waals surface area (Å²) in [5, 5.41) is 0. The molecule has 1 atom stereocenters. The zero-order valence-electron chi connectivity index (χ0n) is 9.19. The van der Waals surface area contributed by atoms with Crippen molar-refractivity contribution >= 4 is 21.6 Å². The molecule has 1 rings (SSSR count). The van der Waals surface area contributed by atoms with E-state index in [-0.39, 0.29) is 17.7 Å². The monoisotopic (exact) mass is 261 g/mol. The van der Waals surface area contributed by atoms with Gasteiger partial charge in [-0.15, -0.1) is 11.6 Å². The van der Waals surface area contributed by atoms with Gasteiger partial charge in [-0.1, -0.05) is 30.3 Å². The van der Waals surface area contributed by atoms with E-state index in [1.807, 2.05) is 37.3 Å². The van der Waals surface area contributed by atoms with Crippen LogP contribution in [-0.4, -0.2) is 26.1 Å². The van der Waals surface area contributed by atoms with Crippen molar-refractivity contribution in [3.05, 3.63) is 35.9 Å². The third-order valence-corrected chi connectivity index (χ3v) is 4.03. The van der Waals surface area contributed by atoms with Crippen molar-refractivity contribution in [2.24, 2.45) is 0 Å². The Morgan fingerprint density at radius 2 is 1.94 bits per heavy atom. The van der Waals surface area contributed by atoms with Crippen molar-refractivity contribution in [1.29, 1.82) is 0 Å². The van der Waals surface area contributed by atoms with E-state index < -0.39 is 10.0 Å². The highest BCUT2D eigenvalue weighted by Crippen LogP contribution is 2.03. The lowest BCUT2D eigenvalue weighted by atomic mass is 10.1. The van der Waals surface area contributed by atoms with E-state index in [1.54, 1.807) is 0 Å². The molecule has 3 nitrogen and oxygen atoms in total. The Balaban J connectivity index is 2.51. The van der Waals surface area contributed by atoms with Gasteiger partial charge in [-0.3, -0.25) is 0 Å². The molecule has 1 unspecified atom stereocenters. The molecule has 0 saturated carbocycles. The van der Waals surface area contributed by atoms with Crippen LogP contribution in [0.15, 0.2) is 30.3 Å². The van der Waals surface area contributed by atoms with E-state index in [0.29, 0.717) is 6.42 Å².